The number of carboxylic acid groups (broad SMARTS) is 1. The van der Waals surface area contributed by atoms with Gasteiger partial charge >= 0.3 is 5.97 Å². The molecule has 2 aliphatic rings. The smallest absolute Gasteiger partial charge is 0.337 e. The minimum atomic E-state index is -0.956. The monoisotopic (exact) mass is 473 g/mol. The van der Waals surface area contributed by atoms with Crippen LogP contribution in [0.5, 0.6) is 0 Å². The summed E-state index contributed by atoms with van der Waals surface area (Å²) in [4.78, 5) is 36.8. The molecule has 2 fully saturated rings. The summed E-state index contributed by atoms with van der Waals surface area (Å²) in [7, 11) is 0. The third-order valence-corrected chi connectivity index (χ3v) is 7.01. The van der Waals surface area contributed by atoms with E-state index in [1.54, 1.807) is 18.5 Å². The highest BCUT2D eigenvalue weighted by atomic mass is 16.4. The van der Waals surface area contributed by atoms with Gasteiger partial charge in [0.2, 0.25) is 5.95 Å². The van der Waals surface area contributed by atoms with E-state index in [0.717, 1.165) is 73.4 Å². The first-order valence-corrected chi connectivity index (χ1v) is 12.2. The molecule has 2 aliphatic heterocycles. The van der Waals surface area contributed by atoms with Crippen LogP contribution in [-0.2, 0) is 0 Å². The molecular weight excluding hydrogens is 442 g/mol. The molecular formula is C26H31N7O2. The molecule has 5 rings (SSSR count). The number of carboxylic acids is 1. The highest BCUT2D eigenvalue weighted by molar-refractivity contribution is 5.87. The lowest BCUT2D eigenvalue weighted by atomic mass is 10.1. The summed E-state index contributed by atoms with van der Waals surface area (Å²) in [6, 6.07) is 8.36. The molecule has 0 bridgehead atoms. The molecule has 9 nitrogen and oxygen atoms in total. The number of piperazine rings is 1. The van der Waals surface area contributed by atoms with Gasteiger partial charge in [-0.3, -0.25) is 4.98 Å². The van der Waals surface area contributed by atoms with E-state index in [9.17, 15) is 9.90 Å². The number of aromatic nitrogens is 4. The third-order valence-electron chi connectivity index (χ3n) is 7.01. The average Bonchev–Trinajstić information content (AvgIpc) is 3.30. The Morgan fingerprint density at radius 3 is 2.49 bits per heavy atom. The Hall–Kier alpha value is -3.75. The van der Waals surface area contributed by atoms with Crippen molar-refractivity contribution >= 4 is 23.6 Å². The van der Waals surface area contributed by atoms with Crippen molar-refractivity contribution in [1.29, 1.82) is 0 Å². The maximum atomic E-state index is 11.3. The van der Waals surface area contributed by atoms with E-state index < -0.39 is 5.97 Å². The molecule has 0 amide bonds. The molecule has 3 aromatic heterocycles. The van der Waals surface area contributed by atoms with Gasteiger partial charge in [0.15, 0.2) is 0 Å². The van der Waals surface area contributed by atoms with Crippen LogP contribution in [0.25, 0.3) is 11.3 Å². The predicted molar refractivity (Wildman–Crippen MR) is 136 cm³/mol. The Balaban J connectivity index is 1.43. The molecule has 5 heterocycles. The summed E-state index contributed by atoms with van der Waals surface area (Å²) in [5.74, 6) is 1.60. The van der Waals surface area contributed by atoms with E-state index in [2.05, 4.69) is 44.6 Å². The molecule has 1 N–H and O–H groups in total. The van der Waals surface area contributed by atoms with Gasteiger partial charge in [-0.25, -0.2) is 14.8 Å². The predicted octanol–water partition coefficient (Wildman–Crippen LogP) is 3.64. The lowest BCUT2D eigenvalue weighted by Gasteiger charge is -2.41. The van der Waals surface area contributed by atoms with Crippen molar-refractivity contribution in [2.75, 3.05) is 40.9 Å². The van der Waals surface area contributed by atoms with Gasteiger partial charge in [0.25, 0.3) is 0 Å². The number of pyridine rings is 2. The zero-order valence-electron chi connectivity index (χ0n) is 20.4. The number of carbonyl (C=O) groups is 1. The summed E-state index contributed by atoms with van der Waals surface area (Å²) >= 11 is 0. The zero-order chi connectivity index (χ0) is 24.5. The molecule has 0 aliphatic carbocycles. The van der Waals surface area contributed by atoms with E-state index in [-0.39, 0.29) is 11.6 Å². The lowest BCUT2D eigenvalue weighted by molar-refractivity contribution is 0.0696. The van der Waals surface area contributed by atoms with Gasteiger partial charge in [0, 0.05) is 68.5 Å². The van der Waals surface area contributed by atoms with Crippen LogP contribution >= 0.6 is 0 Å². The second-order valence-corrected chi connectivity index (χ2v) is 9.49. The number of hydrogen-bond donors (Lipinski definition) is 1. The molecule has 2 saturated heterocycles. The number of aryl methyl sites for hydroxylation is 1. The molecule has 182 valence electrons. The van der Waals surface area contributed by atoms with Gasteiger partial charge in [0.05, 0.1) is 11.3 Å². The van der Waals surface area contributed by atoms with Crippen LogP contribution in [0.15, 0.2) is 42.9 Å². The molecule has 35 heavy (non-hydrogen) atoms. The van der Waals surface area contributed by atoms with Crippen LogP contribution < -0.4 is 14.7 Å². The molecule has 1 unspecified atom stereocenters. The molecule has 0 radical (unpaired) electrons. The van der Waals surface area contributed by atoms with Crippen molar-refractivity contribution in [2.45, 2.75) is 45.7 Å². The number of hydrogen-bond acceptors (Lipinski definition) is 8. The van der Waals surface area contributed by atoms with Crippen molar-refractivity contribution in [1.82, 2.24) is 19.9 Å². The first-order chi connectivity index (χ1) is 16.9. The van der Waals surface area contributed by atoms with E-state index in [1.807, 2.05) is 19.1 Å². The van der Waals surface area contributed by atoms with Crippen molar-refractivity contribution < 1.29 is 9.90 Å². The Morgan fingerprint density at radius 1 is 1.03 bits per heavy atom. The highest BCUT2D eigenvalue weighted by Crippen LogP contribution is 2.31. The molecule has 0 aromatic carbocycles. The Kier molecular flexibility index (Phi) is 6.23. The second-order valence-electron chi connectivity index (χ2n) is 9.49. The molecule has 2 atom stereocenters. The molecule has 0 saturated carbocycles. The van der Waals surface area contributed by atoms with Crippen LogP contribution in [-0.4, -0.2) is 69.3 Å². The van der Waals surface area contributed by atoms with Gasteiger partial charge in [-0.1, -0.05) is 0 Å². The summed E-state index contributed by atoms with van der Waals surface area (Å²) in [5, 5.41) is 9.26. The Morgan fingerprint density at radius 2 is 1.83 bits per heavy atom. The quantitative estimate of drug-likeness (QED) is 0.595. The summed E-state index contributed by atoms with van der Waals surface area (Å²) < 4.78 is 0. The van der Waals surface area contributed by atoms with Crippen LogP contribution in [0.2, 0.25) is 0 Å². The van der Waals surface area contributed by atoms with Crippen molar-refractivity contribution in [3.63, 3.8) is 0 Å². The average molecular weight is 474 g/mol. The third kappa shape index (κ3) is 4.62. The second kappa shape index (κ2) is 9.48. The largest absolute Gasteiger partial charge is 0.478 e. The summed E-state index contributed by atoms with van der Waals surface area (Å²) in [5.41, 5.74) is 3.02. The minimum absolute atomic E-state index is 0.188. The number of nitrogens with zero attached hydrogens (tertiary/aromatic N) is 7. The number of rotatable bonds is 5. The molecule has 9 heteroatoms. The SMILES string of the molecule is Cc1cc(C(=O)O)cnc1N1CCN(c2cc(-c3ccncc3)nc(N3CCCC3C)n2)[C@H](C)C1. The van der Waals surface area contributed by atoms with Gasteiger partial charge < -0.3 is 19.8 Å². The van der Waals surface area contributed by atoms with Crippen molar-refractivity contribution in [3.8, 4) is 11.3 Å². The van der Waals surface area contributed by atoms with E-state index >= 15 is 0 Å². The number of anilines is 3. The number of aromatic carboxylic acids is 1. The van der Waals surface area contributed by atoms with Crippen molar-refractivity contribution in [2.24, 2.45) is 0 Å². The maximum absolute atomic E-state index is 11.3. The van der Waals surface area contributed by atoms with Gasteiger partial charge in [-0.15, -0.1) is 0 Å². The highest BCUT2D eigenvalue weighted by Gasteiger charge is 2.29. The minimum Gasteiger partial charge on any atom is -0.478 e. The lowest BCUT2D eigenvalue weighted by Crippen LogP contribution is -2.53. The van der Waals surface area contributed by atoms with Crippen LogP contribution in [0, 0.1) is 6.92 Å². The van der Waals surface area contributed by atoms with E-state index in [4.69, 9.17) is 9.97 Å². The summed E-state index contributed by atoms with van der Waals surface area (Å²) in [6.07, 6.45) is 7.33. The van der Waals surface area contributed by atoms with Crippen LogP contribution in [0.3, 0.4) is 0 Å². The fourth-order valence-corrected chi connectivity index (χ4v) is 5.10. The first kappa shape index (κ1) is 23.0. The van der Waals surface area contributed by atoms with Crippen molar-refractivity contribution in [3.05, 3.63) is 54.0 Å². The van der Waals surface area contributed by atoms with Crippen LogP contribution in [0.4, 0.5) is 17.6 Å². The Labute approximate surface area is 205 Å². The fraction of sp³-hybridized carbons (Fsp3) is 0.423. The first-order valence-electron chi connectivity index (χ1n) is 12.2. The Bertz CT molecular complexity index is 1220. The van der Waals surface area contributed by atoms with Gasteiger partial charge in [0.1, 0.15) is 11.6 Å². The molecule has 0 spiro atoms. The van der Waals surface area contributed by atoms with Crippen LogP contribution in [0.1, 0.15) is 42.6 Å². The maximum Gasteiger partial charge on any atom is 0.337 e. The van der Waals surface area contributed by atoms with E-state index in [0.29, 0.717) is 6.04 Å². The van der Waals surface area contributed by atoms with Gasteiger partial charge in [-0.05, 0) is 57.4 Å². The van der Waals surface area contributed by atoms with E-state index in [1.165, 1.54) is 6.20 Å². The molecule has 3 aromatic rings. The van der Waals surface area contributed by atoms with Gasteiger partial charge in [-0.2, -0.15) is 4.98 Å². The summed E-state index contributed by atoms with van der Waals surface area (Å²) in [6.45, 7) is 9.65. The standard InChI is InChI=1S/C26H31N7O2/c1-17-13-21(25(34)35)15-28-24(17)31-11-12-32(19(3)16-31)23-14-22(20-6-8-27-9-7-20)29-26(30-23)33-10-4-5-18(33)2/h6-9,13-15,18-19H,4-5,10-12,16H2,1-3H3,(H,34,35)/t18?,19-/m1/s1. The normalized spacial score (nSPS) is 20.4. The zero-order valence-corrected chi connectivity index (χ0v) is 20.4. The fourth-order valence-electron chi connectivity index (χ4n) is 5.10. The topological polar surface area (TPSA) is 98.6 Å².